The molecular formula is C15H17N3O. The van der Waals surface area contributed by atoms with Crippen molar-refractivity contribution in [3.8, 4) is 11.5 Å². The summed E-state index contributed by atoms with van der Waals surface area (Å²) in [5, 5.41) is 12.4. The SMILES string of the molecule is c1coc(-c2ccc(C3CC4CCC(C3)N4)nn2)c1. The fourth-order valence-corrected chi connectivity index (χ4v) is 3.41. The van der Waals surface area contributed by atoms with Crippen molar-refractivity contribution in [3.63, 3.8) is 0 Å². The molecule has 1 N–H and O–H groups in total. The van der Waals surface area contributed by atoms with E-state index in [9.17, 15) is 0 Å². The smallest absolute Gasteiger partial charge is 0.154 e. The molecule has 4 heterocycles. The largest absolute Gasteiger partial charge is 0.463 e. The van der Waals surface area contributed by atoms with Crippen LogP contribution in [-0.2, 0) is 0 Å². The van der Waals surface area contributed by atoms with Crippen LogP contribution in [0, 0.1) is 0 Å². The zero-order chi connectivity index (χ0) is 12.7. The Morgan fingerprint density at radius 1 is 1.05 bits per heavy atom. The lowest BCUT2D eigenvalue weighted by Gasteiger charge is -2.28. The molecule has 0 aliphatic carbocycles. The molecule has 0 saturated carbocycles. The standard InChI is InChI=1S/C15H17N3O/c1-2-15(19-7-1)14-6-5-13(17-18-14)10-8-11-3-4-12(9-10)16-11/h1-2,5-7,10-12,16H,3-4,8-9H2. The van der Waals surface area contributed by atoms with Gasteiger partial charge in [-0.25, -0.2) is 0 Å². The number of nitrogens with zero attached hydrogens (tertiary/aromatic N) is 2. The van der Waals surface area contributed by atoms with Crippen molar-refractivity contribution in [2.75, 3.05) is 0 Å². The lowest BCUT2D eigenvalue weighted by molar-refractivity contribution is 0.357. The topological polar surface area (TPSA) is 51.0 Å². The van der Waals surface area contributed by atoms with Crippen molar-refractivity contribution in [2.24, 2.45) is 0 Å². The normalized spacial score (nSPS) is 29.6. The zero-order valence-electron chi connectivity index (χ0n) is 10.7. The highest BCUT2D eigenvalue weighted by Crippen LogP contribution is 2.36. The summed E-state index contributed by atoms with van der Waals surface area (Å²) in [6.07, 6.45) is 6.70. The third-order valence-corrected chi connectivity index (χ3v) is 4.35. The van der Waals surface area contributed by atoms with Gasteiger partial charge >= 0.3 is 0 Å². The molecule has 2 unspecified atom stereocenters. The van der Waals surface area contributed by atoms with Gasteiger partial charge in [0.15, 0.2) is 5.76 Å². The Hall–Kier alpha value is -1.68. The second kappa shape index (κ2) is 4.46. The minimum absolute atomic E-state index is 0.567. The van der Waals surface area contributed by atoms with Gasteiger partial charge in [-0.1, -0.05) is 0 Å². The molecule has 2 aliphatic heterocycles. The van der Waals surface area contributed by atoms with Gasteiger partial charge in [0.2, 0.25) is 0 Å². The summed E-state index contributed by atoms with van der Waals surface area (Å²) < 4.78 is 5.34. The summed E-state index contributed by atoms with van der Waals surface area (Å²) >= 11 is 0. The maximum atomic E-state index is 5.34. The number of hydrogen-bond donors (Lipinski definition) is 1. The average molecular weight is 255 g/mol. The Bertz CT molecular complexity index is 537. The highest BCUT2D eigenvalue weighted by molar-refractivity contribution is 5.50. The van der Waals surface area contributed by atoms with Crippen LogP contribution in [-0.4, -0.2) is 22.3 Å². The maximum Gasteiger partial charge on any atom is 0.154 e. The van der Waals surface area contributed by atoms with Crippen molar-refractivity contribution >= 4 is 0 Å². The molecule has 2 aromatic rings. The summed E-state index contributed by atoms with van der Waals surface area (Å²) in [5.41, 5.74) is 1.94. The first kappa shape index (κ1) is 11.2. The van der Waals surface area contributed by atoms with E-state index >= 15 is 0 Å². The highest BCUT2D eigenvalue weighted by Gasteiger charge is 2.34. The minimum Gasteiger partial charge on any atom is -0.463 e. The lowest BCUT2D eigenvalue weighted by atomic mass is 9.89. The summed E-state index contributed by atoms with van der Waals surface area (Å²) in [6.45, 7) is 0. The molecular weight excluding hydrogens is 238 g/mol. The molecule has 2 saturated heterocycles. The van der Waals surface area contributed by atoms with Crippen molar-refractivity contribution in [2.45, 2.75) is 43.7 Å². The van der Waals surface area contributed by atoms with E-state index in [-0.39, 0.29) is 0 Å². The zero-order valence-corrected chi connectivity index (χ0v) is 10.7. The second-order valence-corrected chi connectivity index (χ2v) is 5.63. The predicted octanol–water partition coefficient (Wildman–Crippen LogP) is 2.73. The number of fused-ring (bicyclic) bond motifs is 2. The van der Waals surface area contributed by atoms with E-state index < -0.39 is 0 Å². The molecule has 2 bridgehead atoms. The van der Waals surface area contributed by atoms with Crippen LogP contribution in [0.1, 0.15) is 37.3 Å². The molecule has 19 heavy (non-hydrogen) atoms. The molecule has 0 radical (unpaired) electrons. The second-order valence-electron chi connectivity index (χ2n) is 5.63. The van der Waals surface area contributed by atoms with Crippen LogP contribution >= 0.6 is 0 Å². The third kappa shape index (κ3) is 2.06. The molecule has 4 heteroatoms. The number of aromatic nitrogens is 2. The van der Waals surface area contributed by atoms with Gasteiger partial charge in [-0.15, -0.1) is 5.10 Å². The average Bonchev–Trinajstić information content (AvgIpc) is 3.09. The van der Waals surface area contributed by atoms with E-state index in [4.69, 9.17) is 4.42 Å². The molecule has 2 fully saturated rings. The Balaban J connectivity index is 1.56. The van der Waals surface area contributed by atoms with Crippen LogP contribution in [0.15, 0.2) is 34.9 Å². The van der Waals surface area contributed by atoms with Gasteiger partial charge < -0.3 is 9.73 Å². The van der Waals surface area contributed by atoms with E-state index in [0.29, 0.717) is 18.0 Å². The van der Waals surface area contributed by atoms with E-state index in [1.54, 1.807) is 6.26 Å². The summed E-state index contributed by atoms with van der Waals surface area (Å²) in [7, 11) is 0. The van der Waals surface area contributed by atoms with Crippen molar-refractivity contribution in [1.29, 1.82) is 0 Å². The summed E-state index contributed by atoms with van der Waals surface area (Å²) in [5.74, 6) is 1.35. The van der Waals surface area contributed by atoms with Crippen LogP contribution in [0.2, 0.25) is 0 Å². The van der Waals surface area contributed by atoms with Gasteiger partial charge in [0, 0.05) is 18.0 Å². The van der Waals surface area contributed by atoms with Crippen LogP contribution in [0.4, 0.5) is 0 Å². The molecule has 0 spiro atoms. The van der Waals surface area contributed by atoms with Gasteiger partial charge in [-0.2, -0.15) is 5.10 Å². The van der Waals surface area contributed by atoms with Gasteiger partial charge in [0.1, 0.15) is 5.69 Å². The van der Waals surface area contributed by atoms with Gasteiger partial charge in [-0.3, -0.25) is 0 Å². The van der Waals surface area contributed by atoms with Crippen LogP contribution < -0.4 is 5.32 Å². The first-order chi connectivity index (χ1) is 9.38. The van der Waals surface area contributed by atoms with Gasteiger partial charge in [0.25, 0.3) is 0 Å². The van der Waals surface area contributed by atoms with Crippen LogP contribution in [0.5, 0.6) is 0 Å². The third-order valence-electron chi connectivity index (χ3n) is 4.35. The van der Waals surface area contributed by atoms with E-state index in [1.807, 2.05) is 18.2 Å². The molecule has 2 aliphatic rings. The first-order valence-electron chi connectivity index (χ1n) is 7.02. The lowest BCUT2D eigenvalue weighted by Crippen LogP contribution is -2.37. The highest BCUT2D eigenvalue weighted by atomic mass is 16.3. The quantitative estimate of drug-likeness (QED) is 0.896. The fourth-order valence-electron chi connectivity index (χ4n) is 3.41. The van der Waals surface area contributed by atoms with E-state index in [1.165, 1.54) is 25.7 Å². The van der Waals surface area contributed by atoms with E-state index in [0.717, 1.165) is 17.1 Å². The Labute approximate surface area is 112 Å². The number of piperidine rings is 1. The molecule has 4 nitrogen and oxygen atoms in total. The molecule has 4 rings (SSSR count). The number of rotatable bonds is 2. The molecule has 98 valence electrons. The first-order valence-corrected chi connectivity index (χ1v) is 7.02. The molecule has 0 aromatic carbocycles. The fraction of sp³-hybridized carbons (Fsp3) is 0.467. The monoisotopic (exact) mass is 255 g/mol. The Morgan fingerprint density at radius 3 is 2.53 bits per heavy atom. The van der Waals surface area contributed by atoms with Crippen LogP contribution in [0.3, 0.4) is 0 Å². The van der Waals surface area contributed by atoms with Crippen molar-refractivity contribution in [3.05, 3.63) is 36.2 Å². The maximum absolute atomic E-state index is 5.34. The van der Waals surface area contributed by atoms with Gasteiger partial charge in [-0.05, 0) is 49.9 Å². The van der Waals surface area contributed by atoms with Gasteiger partial charge in [0.05, 0.1) is 12.0 Å². The van der Waals surface area contributed by atoms with E-state index in [2.05, 4.69) is 21.6 Å². The Kier molecular flexibility index (Phi) is 2.62. The predicted molar refractivity (Wildman–Crippen MR) is 71.7 cm³/mol. The molecule has 2 atom stereocenters. The van der Waals surface area contributed by atoms with Crippen molar-refractivity contribution in [1.82, 2.24) is 15.5 Å². The number of nitrogens with one attached hydrogen (secondary N) is 1. The molecule has 0 amide bonds. The Morgan fingerprint density at radius 2 is 1.89 bits per heavy atom. The van der Waals surface area contributed by atoms with Crippen LogP contribution in [0.25, 0.3) is 11.5 Å². The van der Waals surface area contributed by atoms with Crippen molar-refractivity contribution < 1.29 is 4.42 Å². The molecule has 2 aromatic heterocycles. The number of hydrogen-bond acceptors (Lipinski definition) is 4. The minimum atomic E-state index is 0.567. The summed E-state index contributed by atoms with van der Waals surface area (Å²) in [4.78, 5) is 0. The summed E-state index contributed by atoms with van der Waals surface area (Å²) in [6, 6.07) is 9.29. The number of furan rings is 1.